The van der Waals surface area contributed by atoms with Crippen molar-refractivity contribution in [2.45, 2.75) is 6.42 Å². The molecule has 0 saturated heterocycles. The van der Waals surface area contributed by atoms with Gasteiger partial charge in [-0.25, -0.2) is 0 Å². The molecule has 1 aliphatic rings. The number of rotatable bonds is 2. The molecule has 2 N–H and O–H groups in total. The van der Waals surface area contributed by atoms with Crippen LogP contribution in [-0.2, 0) is 6.42 Å². The maximum absolute atomic E-state index is 12.1. The van der Waals surface area contributed by atoms with Crippen LogP contribution < -0.4 is 10.6 Å². The molecular formula is C15H13BrN2O. The highest BCUT2D eigenvalue weighted by molar-refractivity contribution is 9.10. The van der Waals surface area contributed by atoms with E-state index in [2.05, 4.69) is 26.6 Å². The molecule has 0 radical (unpaired) electrons. The van der Waals surface area contributed by atoms with Crippen molar-refractivity contribution in [3.63, 3.8) is 0 Å². The van der Waals surface area contributed by atoms with Crippen molar-refractivity contribution in [3.8, 4) is 0 Å². The van der Waals surface area contributed by atoms with Crippen LogP contribution >= 0.6 is 15.9 Å². The lowest BCUT2D eigenvalue weighted by atomic mass is 10.1. The van der Waals surface area contributed by atoms with Gasteiger partial charge in [0.1, 0.15) is 0 Å². The van der Waals surface area contributed by atoms with E-state index in [0.29, 0.717) is 5.56 Å². The molecule has 4 heteroatoms. The number of nitrogens with one attached hydrogen (secondary N) is 2. The van der Waals surface area contributed by atoms with Gasteiger partial charge in [0, 0.05) is 28.0 Å². The van der Waals surface area contributed by atoms with Gasteiger partial charge in [0.05, 0.1) is 0 Å². The summed E-state index contributed by atoms with van der Waals surface area (Å²) in [5.74, 6) is -0.0905. The second-order valence-electron chi connectivity index (χ2n) is 4.51. The normalized spacial score (nSPS) is 12.7. The largest absolute Gasteiger partial charge is 0.384 e. The number of hydrogen-bond donors (Lipinski definition) is 2. The van der Waals surface area contributed by atoms with Gasteiger partial charge in [0.2, 0.25) is 0 Å². The summed E-state index contributed by atoms with van der Waals surface area (Å²) < 4.78 is 0.901. The highest BCUT2D eigenvalue weighted by Gasteiger charge is 2.12. The number of benzene rings is 2. The molecular weight excluding hydrogens is 304 g/mol. The van der Waals surface area contributed by atoms with E-state index < -0.39 is 0 Å². The predicted molar refractivity (Wildman–Crippen MR) is 80.7 cm³/mol. The quantitative estimate of drug-likeness (QED) is 0.887. The van der Waals surface area contributed by atoms with Crippen LogP contribution in [-0.4, -0.2) is 12.5 Å². The first-order chi connectivity index (χ1) is 9.22. The van der Waals surface area contributed by atoms with Gasteiger partial charge in [0.25, 0.3) is 5.91 Å². The lowest BCUT2D eigenvalue weighted by molar-refractivity contribution is 0.102. The maximum atomic E-state index is 12.1. The Balaban J connectivity index is 1.80. The fourth-order valence-electron chi connectivity index (χ4n) is 2.22. The van der Waals surface area contributed by atoms with Crippen molar-refractivity contribution in [2.24, 2.45) is 0 Å². The third kappa shape index (κ3) is 2.63. The fourth-order valence-corrected chi connectivity index (χ4v) is 2.61. The molecule has 3 rings (SSSR count). The second kappa shape index (κ2) is 5.05. The van der Waals surface area contributed by atoms with Gasteiger partial charge in [-0.05, 0) is 48.4 Å². The fraction of sp³-hybridized carbons (Fsp3) is 0.133. The van der Waals surface area contributed by atoms with Crippen molar-refractivity contribution < 1.29 is 4.79 Å². The first kappa shape index (κ1) is 12.2. The Morgan fingerprint density at radius 3 is 2.95 bits per heavy atom. The molecule has 0 saturated carbocycles. The van der Waals surface area contributed by atoms with Crippen molar-refractivity contribution in [3.05, 3.63) is 58.1 Å². The minimum absolute atomic E-state index is 0.0905. The van der Waals surface area contributed by atoms with E-state index in [4.69, 9.17) is 0 Å². The maximum Gasteiger partial charge on any atom is 0.255 e. The lowest BCUT2D eigenvalue weighted by Gasteiger charge is -2.07. The molecule has 0 spiro atoms. The highest BCUT2D eigenvalue weighted by atomic mass is 79.9. The summed E-state index contributed by atoms with van der Waals surface area (Å²) in [5.41, 5.74) is 3.91. The van der Waals surface area contributed by atoms with E-state index in [0.717, 1.165) is 23.1 Å². The Morgan fingerprint density at radius 1 is 1.21 bits per heavy atom. The summed E-state index contributed by atoms with van der Waals surface area (Å²) in [5, 5.41) is 6.23. The average molecular weight is 317 g/mol. The zero-order chi connectivity index (χ0) is 13.2. The molecule has 0 fully saturated rings. The first-order valence-electron chi connectivity index (χ1n) is 6.16. The van der Waals surface area contributed by atoms with Gasteiger partial charge < -0.3 is 10.6 Å². The van der Waals surface area contributed by atoms with Crippen LogP contribution in [0.5, 0.6) is 0 Å². The Morgan fingerprint density at radius 2 is 2.11 bits per heavy atom. The van der Waals surface area contributed by atoms with Crippen molar-refractivity contribution in [2.75, 3.05) is 17.2 Å². The van der Waals surface area contributed by atoms with Crippen molar-refractivity contribution >= 4 is 33.2 Å². The molecule has 19 heavy (non-hydrogen) atoms. The lowest BCUT2D eigenvalue weighted by Crippen LogP contribution is -2.11. The van der Waals surface area contributed by atoms with Crippen LogP contribution in [0.3, 0.4) is 0 Å². The Labute approximate surface area is 120 Å². The molecule has 2 aromatic carbocycles. The van der Waals surface area contributed by atoms with Crippen molar-refractivity contribution in [1.29, 1.82) is 0 Å². The monoisotopic (exact) mass is 316 g/mol. The summed E-state index contributed by atoms with van der Waals surface area (Å²) in [6.45, 7) is 0.971. The third-order valence-corrected chi connectivity index (χ3v) is 3.65. The predicted octanol–water partition coefficient (Wildman–Crippen LogP) is 3.67. The molecule has 0 aliphatic carbocycles. The zero-order valence-electron chi connectivity index (χ0n) is 10.2. The molecule has 2 aromatic rings. The van der Waals surface area contributed by atoms with E-state index in [1.165, 1.54) is 11.3 Å². The second-order valence-corrected chi connectivity index (χ2v) is 5.43. The molecule has 0 aromatic heterocycles. The van der Waals surface area contributed by atoms with E-state index in [9.17, 15) is 4.79 Å². The molecule has 0 atom stereocenters. The van der Waals surface area contributed by atoms with Gasteiger partial charge >= 0.3 is 0 Å². The summed E-state index contributed by atoms with van der Waals surface area (Å²) in [6.07, 6.45) is 1.01. The minimum atomic E-state index is -0.0905. The van der Waals surface area contributed by atoms with Crippen LogP contribution in [0.4, 0.5) is 11.4 Å². The van der Waals surface area contributed by atoms with Crippen LogP contribution in [0.25, 0.3) is 0 Å². The Kier molecular flexibility index (Phi) is 3.25. The minimum Gasteiger partial charge on any atom is -0.384 e. The summed E-state index contributed by atoms with van der Waals surface area (Å²) in [4.78, 5) is 12.1. The summed E-state index contributed by atoms with van der Waals surface area (Å²) >= 11 is 3.37. The number of carbonyl (C=O) groups is 1. The third-order valence-electron chi connectivity index (χ3n) is 3.16. The van der Waals surface area contributed by atoms with E-state index in [1.54, 1.807) is 6.07 Å². The Bertz CT molecular complexity index is 640. The Hall–Kier alpha value is -1.81. The van der Waals surface area contributed by atoms with E-state index >= 15 is 0 Å². The SMILES string of the molecule is O=C(Nc1ccc2c(c1)CCN2)c1cccc(Br)c1. The van der Waals surface area contributed by atoms with E-state index in [-0.39, 0.29) is 5.91 Å². The smallest absolute Gasteiger partial charge is 0.255 e. The first-order valence-corrected chi connectivity index (χ1v) is 6.95. The molecule has 1 aliphatic heterocycles. The zero-order valence-corrected chi connectivity index (χ0v) is 11.8. The van der Waals surface area contributed by atoms with Crippen molar-refractivity contribution in [1.82, 2.24) is 0 Å². The number of halogens is 1. The van der Waals surface area contributed by atoms with Gasteiger partial charge in [-0.3, -0.25) is 4.79 Å². The summed E-state index contributed by atoms with van der Waals surface area (Å²) in [7, 11) is 0. The van der Waals surface area contributed by atoms with Crippen LogP contribution in [0, 0.1) is 0 Å². The molecule has 1 amide bonds. The number of amides is 1. The van der Waals surface area contributed by atoms with Gasteiger partial charge in [-0.15, -0.1) is 0 Å². The summed E-state index contributed by atoms with van der Waals surface area (Å²) in [6, 6.07) is 13.3. The van der Waals surface area contributed by atoms with Gasteiger partial charge in [-0.1, -0.05) is 22.0 Å². The van der Waals surface area contributed by atoms with Gasteiger partial charge in [-0.2, -0.15) is 0 Å². The molecule has 0 unspecified atom stereocenters. The number of carbonyl (C=O) groups excluding carboxylic acids is 1. The van der Waals surface area contributed by atoms with Gasteiger partial charge in [0.15, 0.2) is 0 Å². The van der Waals surface area contributed by atoms with E-state index in [1.807, 2.05) is 36.4 Å². The molecule has 0 bridgehead atoms. The molecule has 96 valence electrons. The molecule has 3 nitrogen and oxygen atoms in total. The highest BCUT2D eigenvalue weighted by Crippen LogP contribution is 2.25. The molecule has 1 heterocycles. The average Bonchev–Trinajstić information content (AvgIpc) is 2.86. The number of anilines is 2. The van der Waals surface area contributed by atoms with Crippen LogP contribution in [0.1, 0.15) is 15.9 Å². The standard InChI is InChI=1S/C15H13BrN2O/c16-12-3-1-2-11(8-12)15(19)18-13-4-5-14-10(9-13)6-7-17-14/h1-5,8-9,17H,6-7H2,(H,18,19). The number of fused-ring (bicyclic) bond motifs is 1. The topological polar surface area (TPSA) is 41.1 Å². The number of hydrogen-bond acceptors (Lipinski definition) is 2. The van der Waals surface area contributed by atoms with Crippen LogP contribution in [0.2, 0.25) is 0 Å². The van der Waals surface area contributed by atoms with Crippen LogP contribution in [0.15, 0.2) is 46.9 Å².